The van der Waals surface area contributed by atoms with Gasteiger partial charge in [0.1, 0.15) is 0 Å². The number of carbonyl (C=O) groups excluding carboxylic acids is 1. The van der Waals surface area contributed by atoms with E-state index < -0.39 is 6.03 Å². The van der Waals surface area contributed by atoms with Gasteiger partial charge in [0.15, 0.2) is 0 Å². The quantitative estimate of drug-likeness (QED) is 0.808. The molecule has 0 fully saturated rings. The third-order valence-corrected chi connectivity index (χ3v) is 2.81. The average molecular weight is 296 g/mol. The van der Waals surface area contributed by atoms with Crippen LogP contribution in [0.4, 0.5) is 16.4 Å². The SMILES string of the molecule is CCOc1n[nH]c(NC(=O)Nc2ccc(C)c(Cl)c2)n1. The maximum Gasteiger partial charge on any atom is 0.337 e. The predicted molar refractivity (Wildman–Crippen MR) is 76.4 cm³/mol. The Balaban J connectivity index is 1.95. The Kier molecular flexibility index (Phi) is 4.41. The minimum Gasteiger partial charge on any atom is -0.463 e. The van der Waals surface area contributed by atoms with Crippen molar-refractivity contribution in [3.8, 4) is 6.01 Å². The largest absolute Gasteiger partial charge is 0.463 e. The minimum atomic E-state index is -0.455. The Morgan fingerprint density at radius 3 is 2.95 bits per heavy atom. The number of urea groups is 1. The molecule has 1 heterocycles. The Hall–Kier alpha value is -2.28. The van der Waals surface area contributed by atoms with Gasteiger partial charge in [-0.05, 0) is 31.5 Å². The van der Waals surface area contributed by atoms with Crippen molar-refractivity contribution >= 4 is 29.3 Å². The highest BCUT2D eigenvalue weighted by Crippen LogP contribution is 2.20. The lowest BCUT2D eigenvalue weighted by Gasteiger charge is -2.06. The molecule has 0 spiro atoms. The molecule has 0 radical (unpaired) electrons. The number of aromatic amines is 1. The van der Waals surface area contributed by atoms with E-state index in [0.29, 0.717) is 17.3 Å². The van der Waals surface area contributed by atoms with E-state index in [1.165, 1.54) is 0 Å². The van der Waals surface area contributed by atoms with Crippen LogP contribution in [0.15, 0.2) is 18.2 Å². The number of aromatic nitrogens is 3. The number of amides is 2. The summed E-state index contributed by atoms with van der Waals surface area (Å²) in [6.45, 7) is 4.15. The van der Waals surface area contributed by atoms with Gasteiger partial charge in [-0.1, -0.05) is 17.7 Å². The lowest BCUT2D eigenvalue weighted by atomic mass is 10.2. The smallest absolute Gasteiger partial charge is 0.337 e. The Morgan fingerprint density at radius 1 is 1.45 bits per heavy atom. The molecule has 2 rings (SSSR count). The second kappa shape index (κ2) is 6.25. The van der Waals surface area contributed by atoms with Crippen molar-refractivity contribution in [1.29, 1.82) is 0 Å². The van der Waals surface area contributed by atoms with Crippen LogP contribution < -0.4 is 15.4 Å². The molecule has 3 N–H and O–H groups in total. The molecule has 0 aliphatic carbocycles. The van der Waals surface area contributed by atoms with Crippen molar-refractivity contribution in [3.63, 3.8) is 0 Å². The van der Waals surface area contributed by atoms with Crippen LogP contribution in [0.25, 0.3) is 0 Å². The number of aryl methyl sites for hydroxylation is 1. The Morgan fingerprint density at radius 2 is 2.25 bits per heavy atom. The predicted octanol–water partition coefficient (Wildman–Crippen LogP) is 2.81. The first-order chi connectivity index (χ1) is 9.58. The monoisotopic (exact) mass is 295 g/mol. The first-order valence-corrected chi connectivity index (χ1v) is 6.35. The van der Waals surface area contributed by atoms with Gasteiger partial charge in [0.2, 0.25) is 5.95 Å². The van der Waals surface area contributed by atoms with Gasteiger partial charge in [-0.2, -0.15) is 4.98 Å². The summed E-state index contributed by atoms with van der Waals surface area (Å²) in [4.78, 5) is 15.7. The van der Waals surface area contributed by atoms with E-state index in [2.05, 4.69) is 25.8 Å². The zero-order valence-electron chi connectivity index (χ0n) is 11.0. The van der Waals surface area contributed by atoms with E-state index in [1.807, 2.05) is 19.9 Å². The summed E-state index contributed by atoms with van der Waals surface area (Å²) in [7, 11) is 0. The van der Waals surface area contributed by atoms with E-state index in [0.717, 1.165) is 5.56 Å². The lowest BCUT2D eigenvalue weighted by Crippen LogP contribution is -2.20. The van der Waals surface area contributed by atoms with Gasteiger partial charge in [-0.15, -0.1) is 5.10 Å². The Bertz CT molecular complexity index is 614. The standard InChI is InChI=1S/C12H14ClN5O2/c1-3-20-12-16-10(17-18-12)15-11(19)14-8-5-4-7(2)9(13)6-8/h4-6H,3H2,1-2H3,(H3,14,15,16,17,18,19). The van der Waals surface area contributed by atoms with Crippen LogP contribution in [0, 0.1) is 6.92 Å². The molecule has 0 unspecified atom stereocenters. The van der Waals surface area contributed by atoms with Gasteiger partial charge in [-0.25, -0.2) is 9.89 Å². The van der Waals surface area contributed by atoms with Crippen molar-refractivity contribution in [2.24, 2.45) is 0 Å². The fraction of sp³-hybridized carbons (Fsp3) is 0.250. The summed E-state index contributed by atoms with van der Waals surface area (Å²) in [5.74, 6) is 0.198. The summed E-state index contributed by atoms with van der Waals surface area (Å²) in [6, 6.07) is 4.97. The summed E-state index contributed by atoms with van der Waals surface area (Å²) in [6.07, 6.45) is 0. The highest BCUT2D eigenvalue weighted by molar-refractivity contribution is 6.31. The van der Waals surface area contributed by atoms with Crippen molar-refractivity contribution in [1.82, 2.24) is 15.2 Å². The maximum atomic E-state index is 11.8. The van der Waals surface area contributed by atoms with Gasteiger partial charge in [0, 0.05) is 10.7 Å². The summed E-state index contributed by atoms with van der Waals surface area (Å²) < 4.78 is 5.07. The maximum absolute atomic E-state index is 11.8. The number of nitrogens with zero attached hydrogens (tertiary/aromatic N) is 2. The Labute approximate surface area is 120 Å². The molecule has 8 heteroatoms. The van der Waals surface area contributed by atoms with Crippen LogP contribution in [0.3, 0.4) is 0 Å². The van der Waals surface area contributed by atoms with E-state index in [1.54, 1.807) is 12.1 Å². The molecule has 0 saturated heterocycles. The highest BCUT2D eigenvalue weighted by Gasteiger charge is 2.08. The first-order valence-electron chi connectivity index (χ1n) is 5.98. The number of rotatable bonds is 4. The number of ether oxygens (including phenoxy) is 1. The number of carbonyl (C=O) groups is 1. The van der Waals surface area contributed by atoms with Crippen molar-refractivity contribution < 1.29 is 9.53 Å². The molecular formula is C12H14ClN5O2. The lowest BCUT2D eigenvalue weighted by molar-refractivity contribution is 0.262. The fourth-order valence-corrected chi connectivity index (χ4v) is 1.62. The molecule has 0 aliphatic heterocycles. The van der Waals surface area contributed by atoms with E-state index in [9.17, 15) is 4.79 Å². The van der Waals surface area contributed by atoms with Crippen molar-refractivity contribution in [3.05, 3.63) is 28.8 Å². The van der Waals surface area contributed by atoms with Crippen molar-refractivity contribution in [2.45, 2.75) is 13.8 Å². The molecular weight excluding hydrogens is 282 g/mol. The molecule has 1 aromatic heterocycles. The van der Waals surface area contributed by atoms with Crippen LogP contribution in [0.1, 0.15) is 12.5 Å². The topological polar surface area (TPSA) is 91.9 Å². The number of halogens is 1. The summed E-state index contributed by atoms with van der Waals surface area (Å²) in [5, 5.41) is 12.0. The zero-order chi connectivity index (χ0) is 14.5. The molecule has 0 aliphatic rings. The molecule has 106 valence electrons. The molecule has 0 bridgehead atoms. The van der Waals surface area contributed by atoms with Crippen LogP contribution in [-0.2, 0) is 0 Å². The normalized spacial score (nSPS) is 10.2. The van der Waals surface area contributed by atoms with Gasteiger partial charge < -0.3 is 10.1 Å². The second-order valence-electron chi connectivity index (χ2n) is 3.94. The number of hydrogen-bond acceptors (Lipinski definition) is 4. The van der Waals surface area contributed by atoms with Crippen molar-refractivity contribution in [2.75, 3.05) is 17.2 Å². The van der Waals surface area contributed by atoms with Crippen LogP contribution in [0.2, 0.25) is 5.02 Å². The summed E-state index contributed by atoms with van der Waals surface area (Å²) in [5.41, 5.74) is 1.52. The summed E-state index contributed by atoms with van der Waals surface area (Å²) >= 11 is 5.98. The van der Waals surface area contributed by atoms with Gasteiger partial charge in [0.05, 0.1) is 6.61 Å². The van der Waals surface area contributed by atoms with Gasteiger partial charge >= 0.3 is 12.0 Å². The molecule has 20 heavy (non-hydrogen) atoms. The fourth-order valence-electron chi connectivity index (χ4n) is 1.44. The molecule has 0 atom stereocenters. The first kappa shape index (κ1) is 14.1. The highest BCUT2D eigenvalue weighted by atomic mass is 35.5. The number of anilines is 2. The minimum absolute atomic E-state index is 0.182. The number of hydrogen-bond donors (Lipinski definition) is 3. The number of H-pyrrole nitrogens is 1. The number of nitrogens with one attached hydrogen (secondary N) is 3. The van der Waals surface area contributed by atoms with E-state index in [4.69, 9.17) is 16.3 Å². The molecule has 1 aromatic carbocycles. The molecule has 7 nitrogen and oxygen atoms in total. The number of benzene rings is 1. The van der Waals surface area contributed by atoms with Crippen LogP contribution in [0.5, 0.6) is 6.01 Å². The molecule has 0 saturated carbocycles. The van der Waals surface area contributed by atoms with E-state index in [-0.39, 0.29) is 12.0 Å². The average Bonchev–Trinajstić information content (AvgIpc) is 2.81. The van der Waals surface area contributed by atoms with Gasteiger partial charge in [-0.3, -0.25) is 5.32 Å². The second-order valence-corrected chi connectivity index (χ2v) is 4.35. The van der Waals surface area contributed by atoms with Gasteiger partial charge in [0.25, 0.3) is 0 Å². The molecule has 2 amide bonds. The van der Waals surface area contributed by atoms with Crippen LogP contribution in [-0.4, -0.2) is 27.8 Å². The van der Waals surface area contributed by atoms with E-state index >= 15 is 0 Å². The van der Waals surface area contributed by atoms with Crippen LogP contribution >= 0.6 is 11.6 Å². The molecule has 2 aromatic rings. The third kappa shape index (κ3) is 3.61. The third-order valence-electron chi connectivity index (χ3n) is 2.40. The zero-order valence-corrected chi connectivity index (χ0v) is 11.8.